The molecule has 2 atom stereocenters. The number of aliphatic carboxylic acids is 3. The predicted octanol–water partition coefficient (Wildman–Crippen LogP) is -0.522. The zero-order valence-corrected chi connectivity index (χ0v) is 18.8. The van der Waals surface area contributed by atoms with Crippen LogP contribution < -0.4 is 10.6 Å². The normalized spacial score (nSPS) is 17.0. The molecule has 186 valence electrons. The maximum Gasteiger partial charge on any atom is 0.326 e. The molecule has 34 heavy (non-hydrogen) atoms. The summed E-state index contributed by atoms with van der Waals surface area (Å²) in [5.74, 6) is -5.14. The van der Waals surface area contributed by atoms with Gasteiger partial charge in [-0.05, 0) is 43.5 Å². The zero-order chi connectivity index (χ0) is 25.5. The van der Waals surface area contributed by atoms with Crippen molar-refractivity contribution >= 4 is 39.7 Å². The van der Waals surface area contributed by atoms with Crippen molar-refractivity contribution in [2.75, 3.05) is 13.1 Å². The smallest absolute Gasteiger partial charge is 0.326 e. The molecule has 1 aliphatic heterocycles. The van der Waals surface area contributed by atoms with E-state index in [1.54, 1.807) is 0 Å². The molecule has 0 spiro atoms. The molecule has 1 heterocycles. The topological polar surface area (TPSA) is 207 Å². The van der Waals surface area contributed by atoms with Crippen molar-refractivity contribution in [3.8, 4) is 0 Å². The van der Waals surface area contributed by atoms with Crippen molar-refractivity contribution in [2.45, 2.75) is 49.1 Å². The van der Waals surface area contributed by atoms with E-state index in [1.165, 1.54) is 12.1 Å². The van der Waals surface area contributed by atoms with Crippen LogP contribution in [-0.4, -0.2) is 82.9 Å². The molecule has 1 saturated heterocycles. The Morgan fingerprint density at radius 3 is 2.18 bits per heavy atom. The first-order valence-electron chi connectivity index (χ1n) is 10.3. The molecule has 1 aliphatic rings. The molecule has 0 unspecified atom stereocenters. The highest BCUT2D eigenvalue weighted by molar-refractivity contribution is 7.89. The lowest BCUT2D eigenvalue weighted by molar-refractivity contribution is -0.141. The number of benzene rings is 1. The average Bonchev–Trinajstić information content (AvgIpc) is 3.27. The van der Waals surface area contributed by atoms with Crippen molar-refractivity contribution in [3.63, 3.8) is 0 Å². The highest BCUT2D eigenvalue weighted by Crippen LogP contribution is 2.26. The van der Waals surface area contributed by atoms with Crippen LogP contribution in [0.5, 0.6) is 0 Å². The van der Waals surface area contributed by atoms with Crippen LogP contribution in [0.15, 0.2) is 29.2 Å². The Bertz CT molecular complexity index is 1050. The van der Waals surface area contributed by atoms with E-state index in [9.17, 15) is 32.4 Å². The quantitative estimate of drug-likeness (QED) is 0.248. The van der Waals surface area contributed by atoms with Crippen molar-refractivity contribution in [2.24, 2.45) is 0 Å². The molecular weight excluding hydrogens is 474 g/mol. The lowest BCUT2D eigenvalue weighted by Gasteiger charge is -2.23. The number of carboxylic acid groups (broad SMARTS) is 3. The number of hydrogen-bond acceptors (Lipinski definition) is 7. The van der Waals surface area contributed by atoms with Gasteiger partial charge in [-0.15, -0.1) is 0 Å². The lowest BCUT2D eigenvalue weighted by atomic mass is 10.1. The van der Waals surface area contributed by atoms with Gasteiger partial charge in [0.15, 0.2) is 0 Å². The summed E-state index contributed by atoms with van der Waals surface area (Å²) in [6, 6.07) is 2.22. The number of rotatable bonds is 12. The first-order chi connectivity index (χ1) is 15.9. The Kier molecular flexibility index (Phi) is 9.09. The molecule has 13 nitrogen and oxygen atoms in total. The van der Waals surface area contributed by atoms with E-state index in [0.717, 1.165) is 16.4 Å². The molecule has 14 heteroatoms. The third-order valence-corrected chi connectivity index (χ3v) is 7.04. The third-order valence-electron chi connectivity index (χ3n) is 5.12. The molecule has 2 amide bonds. The van der Waals surface area contributed by atoms with Crippen molar-refractivity contribution < 1.29 is 47.7 Å². The highest BCUT2D eigenvalue weighted by atomic mass is 32.2. The van der Waals surface area contributed by atoms with Gasteiger partial charge in [-0.2, -0.15) is 4.31 Å². The molecule has 1 fully saturated rings. The first kappa shape index (κ1) is 26.7. The first-order valence-corrected chi connectivity index (χ1v) is 11.7. The Morgan fingerprint density at radius 2 is 1.62 bits per heavy atom. The third kappa shape index (κ3) is 6.99. The minimum absolute atomic E-state index is 0.0371. The van der Waals surface area contributed by atoms with Gasteiger partial charge >= 0.3 is 17.9 Å². The second-order valence-corrected chi connectivity index (χ2v) is 9.42. The molecular formula is C20H25N3O10S. The molecule has 1 aromatic rings. The van der Waals surface area contributed by atoms with E-state index < -0.39 is 58.3 Å². The molecule has 5 N–H and O–H groups in total. The highest BCUT2D eigenvalue weighted by Gasteiger charge is 2.39. The summed E-state index contributed by atoms with van der Waals surface area (Å²) in [6.45, 7) is -0.0440. The number of carbonyl (C=O) groups is 5. The molecule has 0 saturated carbocycles. The number of carbonyl (C=O) groups excluding carboxylic acids is 2. The molecule has 2 rings (SSSR count). The predicted molar refractivity (Wildman–Crippen MR) is 114 cm³/mol. The van der Waals surface area contributed by atoms with Crippen LogP contribution in [0.25, 0.3) is 0 Å². The SMILES string of the molecule is O=C(O)CCNC(=O)[C@@H]1CCCN1S(=O)(=O)c1ccc(C(=O)N[C@H](CCC(=O)O)C(=O)O)cc1. The molecule has 0 bridgehead atoms. The summed E-state index contributed by atoms with van der Waals surface area (Å²) in [7, 11) is -4.11. The number of sulfonamides is 1. The Balaban J connectivity index is 2.10. The molecule has 0 aromatic heterocycles. The van der Waals surface area contributed by atoms with Gasteiger partial charge in [0.1, 0.15) is 12.1 Å². The van der Waals surface area contributed by atoms with E-state index in [2.05, 4.69) is 10.6 Å². The van der Waals surface area contributed by atoms with E-state index in [-0.39, 0.29) is 42.8 Å². The Morgan fingerprint density at radius 1 is 1.00 bits per heavy atom. The summed E-state index contributed by atoms with van der Waals surface area (Å²) < 4.78 is 27.1. The van der Waals surface area contributed by atoms with Gasteiger partial charge in [-0.1, -0.05) is 0 Å². The number of nitrogens with zero attached hydrogens (tertiary/aromatic N) is 1. The number of nitrogens with one attached hydrogen (secondary N) is 2. The summed E-state index contributed by atoms with van der Waals surface area (Å²) in [4.78, 5) is 57.0. The maximum absolute atomic E-state index is 13.0. The summed E-state index contributed by atoms with van der Waals surface area (Å²) in [5.41, 5.74) is -0.0371. The number of hydrogen-bond donors (Lipinski definition) is 5. The van der Waals surface area contributed by atoms with E-state index in [0.29, 0.717) is 6.42 Å². The monoisotopic (exact) mass is 499 g/mol. The fourth-order valence-electron chi connectivity index (χ4n) is 3.38. The minimum atomic E-state index is -4.11. The zero-order valence-electron chi connectivity index (χ0n) is 18.0. The standard InChI is InChI=1S/C20H25N3O10S/c24-16(25)8-7-14(20(30)31)22-18(28)12-3-5-13(6-4-12)34(32,33)23-11-1-2-15(23)19(29)21-10-9-17(26)27/h3-6,14-15H,1-2,7-11H2,(H,21,29)(H,22,28)(H,24,25)(H,26,27)(H,30,31)/t14-,15+/m1/s1. The van der Waals surface area contributed by atoms with Gasteiger partial charge in [0, 0.05) is 25.1 Å². The van der Waals surface area contributed by atoms with Crippen molar-refractivity contribution in [1.29, 1.82) is 0 Å². The van der Waals surface area contributed by atoms with Crippen LogP contribution >= 0.6 is 0 Å². The molecule has 1 aromatic carbocycles. The van der Waals surface area contributed by atoms with E-state index in [4.69, 9.17) is 15.3 Å². The summed E-state index contributed by atoms with van der Waals surface area (Å²) in [6.07, 6.45) is -0.383. The average molecular weight is 499 g/mol. The van der Waals surface area contributed by atoms with Gasteiger partial charge in [0.05, 0.1) is 11.3 Å². The van der Waals surface area contributed by atoms with Crippen LogP contribution in [0.4, 0.5) is 0 Å². The number of carboxylic acids is 3. The molecule has 0 radical (unpaired) electrons. The van der Waals surface area contributed by atoms with Gasteiger partial charge in [-0.3, -0.25) is 19.2 Å². The largest absolute Gasteiger partial charge is 0.481 e. The van der Waals surface area contributed by atoms with E-state index >= 15 is 0 Å². The number of amides is 2. The Hall–Kier alpha value is -3.52. The van der Waals surface area contributed by atoms with Crippen LogP contribution in [0.1, 0.15) is 42.5 Å². The Labute approximate surface area is 194 Å². The molecule has 0 aliphatic carbocycles. The van der Waals surface area contributed by atoms with Gasteiger partial charge in [-0.25, -0.2) is 13.2 Å². The van der Waals surface area contributed by atoms with Crippen LogP contribution in [0, 0.1) is 0 Å². The van der Waals surface area contributed by atoms with Gasteiger partial charge in [0.25, 0.3) is 5.91 Å². The van der Waals surface area contributed by atoms with Crippen LogP contribution in [-0.2, 0) is 29.2 Å². The van der Waals surface area contributed by atoms with Gasteiger partial charge in [0.2, 0.25) is 15.9 Å². The lowest BCUT2D eigenvalue weighted by Crippen LogP contribution is -2.46. The van der Waals surface area contributed by atoms with Crippen molar-refractivity contribution in [3.05, 3.63) is 29.8 Å². The van der Waals surface area contributed by atoms with Crippen LogP contribution in [0.3, 0.4) is 0 Å². The maximum atomic E-state index is 13.0. The second kappa shape index (κ2) is 11.6. The van der Waals surface area contributed by atoms with Crippen LogP contribution in [0.2, 0.25) is 0 Å². The summed E-state index contributed by atoms with van der Waals surface area (Å²) in [5, 5.41) is 31.1. The summed E-state index contributed by atoms with van der Waals surface area (Å²) >= 11 is 0. The van der Waals surface area contributed by atoms with E-state index in [1.807, 2.05) is 0 Å². The fourth-order valence-corrected chi connectivity index (χ4v) is 5.04. The van der Waals surface area contributed by atoms with Gasteiger partial charge < -0.3 is 26.0 Å². The van der Waals surface area contributed by atoms with Crippen molar-refractivity contribution in [1.82, 2.24) is 14.9 Å². The minimum Gasteiger partial charge on any atom is -0.481 e. The fraction of sp³-hybridized carbons (Fsp3) is 0.450. The second-order valence-electron chi connectivity index (χ2n) is 7.53.